The molecule has 0 aliphatic carbocycles. The summed E-state index contributed by atoms with van der Waals surface area (Å²) >= 11 is 1.11. The fourth-order valence-corrected chi connectivity index (χ4v) is 2.08. The Morgan fingerprint density at radius 2 is 2.17 bits per heavy atom. The molecule has 0 aromatic carbocycles. The molecule has 0 amide bonds. The highest BCUT2D eigenvalue weighted by atomic mass is 32.2. The first-order valence-electron chi connectivity index (χ1n) is 4.91. The van der Waals surface area contributed by atoms with Crippen LogP contribution in [0, 0.1) is 10.1 Å². The molecular weight excluding hydrogens is 254 g/mol. The zero-order valence-corrected chi connectivity index (χ0v) is 9.92. The highest BCUT2D eigenvalue weighted by Crippen LogP contribution is 2.32. The van der Waals surface area contributed by atoms with Gasteiger partial charge in [0.25, 0.3) is 0 Å². The van der Waals surface area contributed by atoms with Crippen LogP contribution in [0.2, 0.25) is 0 Å². The lowest BCUT2D eigenvalue weighted by molar-refractivity contribution is -0.388. The standard InChI is InChI=1S/C10H9N5O2S/c11-14-8-5-4-7(15(16)17)10(13-8)18-9-3-1-2-6-12-9/h1-6H,11H2,(H,13,14). The van der Waals surface area contributed by atoms with E-state index in [1.54, 1.807) is 24.4 Å². The molecule has 92 valence electrons. The summed E-state index contributed by atoms with van der Waals surface area (Å²) in [6, 6.07) is 8.11. The molecule has 2 aromatic rings. The summed E-state index contributed by atoms with van der Waals surface area (Å²) in [6.45, 7) is 0. The maximum absolute atomic E-state index is 10.9. The third-order valence-corrected chi connectivity index (χ3v) is 2.97. The second kappa shape index (κ2) is 5.43. The van der Waals surface area contributed by atoms with Crippen molar-refractivity contribution in [1.82, 2.24) is 9.97 Å². The summed E-state index contributed by atoms with van der Waals surface area (Å²) in [4.78, 5) is 18.5. The van der Waals surface area contributed by atoms with Crippen LogP contribution in [-0.2, 0) is 0 Å². The molecule has 2 heterocycles. The third kappa shape index (κ3) is 2.73. The number of hydrazine groups is 1. The first kappa shape index (κ1) is 12.3. The SMILES string of the molecule is NNc1ccc([N+](=O)[O-])c(Sc2ccccn2)n1. The molecule has 0 aliphatic rings. The monoisotopic (exact) mass is 263 g/mol. The highest BCUT2D eigenvalue weighted by Gasteiger charge is 2.17. The molecule has 0 saturated carbocycles. The Morgan fingerprint density at radius 3 is 2.78 bits per heavy atom. The minimum Gasteiger partial charge on any atom is -0.308 e. The topological polar surface area (TPSA) is 107 Å². The Morgan fingerprint density at radius 1 is 1.33 bits per heavy atom. The first-order chi connectivity index (χ1) is 8.70. The van der Waals surface area contributed by atoms with Crippen molar-refractivity contribution in [2.75, 3.05) is 5.43 Å². The Bertz CT molecular complexity index is 563. The molecule has 0 unspecified atom stereocenters. The molecule has 18 heavy (non-hydrogen) atoms. The minimum absolute atomic E-state index is 0.0790. The van der Waals surface area contributed by atoms with Crippen LogP contribution in [-0.4, -0.2) is 14.9 Å². The second-order valence-corrected chi connectivity index (χ2v) is 4.20. The summed E-state index contributed by atoms with van der Waals surface area (Å²) in [5.41, 5.74) is 2.27. The average molecular weight is 263 g/mol. The predicted molar refractivity (Wildman–Crippen MR) is 67.1 cm³/mol. The number of nitrogens with two attached hydrogens (primary N) is 1. The number of rotatable bonds is 4. The van der Waals surface area contributed by atoms with Crippen molar-refractivity contribution in [3.05, 3.63) is 46.6 Å². The number of nitrogens with zero attached hydrogens (tertiary/aromatic N) is 3. The van der Waals surface area contributed by atoms with Crippen LogP contribution in [0.25, 0.3) is 0 Å². The minimum atomic E-state index is -0.488. The molecular formula is C10H9N5O2S. The van der Waals surface area contributed by atoms with Crippen LogP contribution in [0.15, 0.2) is 46.6 Å². The predicted octanol–water partition coefficient (Wildman–Crippen LogP) is 1.82. The quantitative estimate of drug-likeness (QED) is 0.492. The molecule has 3 N–H and O–H groups in total. The summed E-state index contributed by atoms with van der Waals surface area (Å²) in [6.07, 6.45) is 1.61. The van der Waals surface area contributed by atoms with E-state index < -0.39 is 4.92 Å². The van der Waals surface area contributed by atoms with E-state index in [0.717, 1.165) is 11.8 Å². The van der Waals surface area contributed by atoms with Crippen LogP contribution in [0.3, 0.4) is 0 Å². The highest BCUT2D eigenvalue weighted by molar-refractivity contribution is 7.99. The van der Waals surface area contributed by atoms with Crippen LogP contribution >= 0.6 is 11.8 Å². The van der Waals surface area contributed by atoms with E-state index >= 15 is 0 Å². The average Bonchev–Trinajstić information content (AvgIpc) is 2.39. The van der Waals surface area contributed by atoms with Gasteiger partial charge in [-0.3, -0.25) is 10.1 Å². The summed E-state index contributed by atoms with van der Waals surface area (Å²) in [5.74, 6) is 5.59. The van der Waals surface area contributed by atoms with Crippen molar-refractivity contribution >= 4 is 23.3 Å². The zero-order valence-electron chi connectivity index (χ0n) is 9.11. The van der Waals surface area contributed by atoms with E-state index in [1.807, 2.05) is 0 Å². The summed E-state index contributed by atoms with van der Waals surface area (Å²) in [7, 11) is 0. The fourth-order valence-electron chi connectivity index (χ4n) is 1.23. The Kier molecular flexibility index (Phi) is 3.70. The van der Waals surface area contributed by atoms with Crippen LogP contribution in [0.5, 0.6) is 0 Å². The lowest BCUT2D eigenvalue weighted by atomic mass is 10.4. The summed E-state index contributed by atoms with van der Waals surface area (Å²) < 4.78 is 0. The van der Waals surface area contributed by atoms with Crippen LogP contribution in [0.4, 0.5) is 11.5 Å². The Labute approximate surface area is 107 Å². The number of nitrogen functional groups attached to an aromatic ring is 1. The Hall–Kier alpha value is -2.19. The molecule has 0 saturated heterocycles. The molecule has 8 heteroatoms. The maximum Gasteiger partial charge on any atom is 0.301 e. The number of hydrogen-bond donors (Lipinski definition) is 2. The Balaban J connectivity index is 2.38. The molecule has 0 spiro atoms. The molecule has 2 aromatic heterocycles. The number of nitrogens with one attached hydrogen (secondary N) is 1. The number of anilines is 1. The van der Waals surface area contributed by atoms with Gasteiger partial charge in [0.05, 0.1) is 4.92 Å². The van der Waals surface area contributed by atoms with Gasteiger partial charge >= 0.3 is 5.69 Å². The third-order valence-electron chi connectivity index (χ3n) is 2.02. The molecule has 0 aliphatic heterocycles. The van der Waals surface area contributed by atoms with Gasteiger partial charge in [0.1, 0.15) is 10.8 Å². The lowest BCUT2D eigenvalue weighted by Gasteiger charge is -2.04. The molecule has 0 bridgehead atoms. The van der Waals surface area contributed by atoms with E-state index in [2.05, 4.69) is 15.4 Å². The van der Waals surface area contributed by atoms with Crippen molar-refractivity contribution in [2.45, 2.75) is 10.1 Å². The lowest BCUT2D eigenvalue weighted by Crippen LogP contribution is -2.09. The number of hydrogen-bond acceptors (Lipinski definition) is 7. The van der Waals surface area contributed by atoms with E-state index in [4.69, 9.17) is 5.84 Å². The first-order valence-corrected chi connectivity index (χ1v) is 5.73. The molecule has 0 fully saturated rings. The second-order valence-electron chi connectivity index (χ2n) is 3.19. The van der Waals surface area contributed by atoms with Crippen molar-refractivity contribution in [1.29, 1.82) is 0 Å². The molecule has 0 atom stereocenters. The van der Waals surface area contributed by atoms with Gasteiger partial charge in [-0.1, -0.05) is 6.07 Å². The van der Waals surface area contributed by atoms with Gasteiger partial charge in [-0.25, -0.2) is 15.8 Å². The number of pyridine rings is 2. The van der Waals surface area contributed by atoms with E-state index in [-0.39, 0.29) is 10.7 Å². The largest absolute Gasteiger partial charge is 0.308 e. The van der Waals surface area contributed by atoms with Gasteiger partial charge in [-0.2, -0.15) is 0 Å². The van der Waals surface area contributed by atoms with E-state index in [0.29, 0.717) is 10.8 Å². The van der Waals surface area contributed by atoms with Gasteiger partial charge in [0.15, 0.2) is 5.03 Å². The molecule has 0 radical (unpaired) electrons. The van der Waals surface area contributed by atoms with E-state index in [9.17, 15) is 10.1 Å². The van der Waals surface area contributed by atoms with Crippen molar-refractivity contribution in [3.8, 4) is 0 Å². The molecule has 7 nitrogen and oxygen atoms in total. The van der Waals surface area contributed by atoms with Gasteiger partial charge in [0, 0.05) is 12.3 Å². The van der Waals surface area contributed by atoms with E-state index in [1.165, 1.54) is 12.1 Å². The van der Waals surface area contributed by atoms with Crippen molar-refractivity contribution in [2.24, 2.45) is 5.84 Å². The maximum atomic E-state index is 10.9. The van der Waals surface area contributed by atoms with Gasteiger partial charge in [-0.05, 0) is 30.0 Å². The van der Waals surface area contributed by atoms with Gasteiger partial charge in [-0.15, -0.1) is 0 Å². The number of aromatic nitrogens is 2. The van der Waals surface area contributed by atoms with Gasteiger partial charge in [0.2, 0.25) is 0 Å². The summed E-state index contributed by atoms with van der Waals surface area (Å²) in [5, 5.41) is 11.8. The van der Waals surface area contributed by atoms with Gasteiger partial charge < -0.3 is 5.43 Å². The molecule has 2 rings (SSSR count). The van der Waals surface area contributed by atoms with Crippen molar-refractivity contribution < 1.29 is 4.92 Å². The normalized spacial score (nSPS) is 10.1. The number of nitro groups is 1. The fraction of sp³-hybridized carbons (Fsp3) is 0. The smallest absolute Gasteiger partial charge is 0.301 e. The van der Waals surface area contributed by atoms with Crippen molar-refractivity contribution in [3.63, 3.8) is 0 Å². The van der Waals surface area contributed by atoms with Crippen LogP contribution < -0.4 is 11.3 Å². The van der Waals surface area contributed by atoms with Crippen LogP contribution in [0.1, 0.15) is 0 Å². The zero-order chi connectivity index (χ0) is 13.0.